The van der Waals surface area contributed by atoms with Crippen molar-refractivity contribution in [2.45, 2.75) is 51.2 Å². The fourth-order valence-electron chi connectivity index (χ4n) is 4.82. The molecule has 4 heterocycles. The molecule has 3 aliphatic heterocycles. The summed E-state index contributed by atoms with van der Waals surface area (Å²) in [5.41, 5.74) is -0.219. The third kappa shape index (κ3) is 4.37. The summed E-state index contributed by atoms with van der Waals surface area (Å²) < 4.78 is 0. The number of rotatable bonds is 4. The summed E-state index contributed by atoms with van der Waals surface area (Å²) in [6.07, 6.45) is 3.99. The van der Waals surface area contributed by atoms with Gasteiger partial charge >= 0.3 is 0 Å². The lowest BCUT2D eigenvalue weighted by atomic mass is 9.97. The number of carbonyl (C=O) groups is 3. The molecule has 0 aromatic carbocycles. The van der Waals surface area contributed by atoms with Crippen molar-refractivity contribution < 1.29 is 14.4 Å². The van der Waals surface area contributed by atoms with E-state index < -0.39 is 11.7 Å². The summed E-state index contributed by atoms with van der Waals surface area (Å²) in [6.45, 7) is 8.61. The smallest absolute Gasteiger partial charge is 0.256 e. The molecule has 1 aromatic heterocycles. The second kappa shape index (κ2) is 8.82. The maximum absolute atomic E-state index is 13.1. The number of anilines is 1. The number of hydrogen-bond donors (Lipinski definition) is 2. The molecule has 0 radical (unpaired) electrons. The van der Waals surface area contributed by atoms with Crippen LogP contribution in [0.5, 0.6) is 0 Å². The molecule has 168 valence electrons. The Morgan fingerprint density at radius 1 is 1.16 bits per heavy atom. The van der Waals surface area contributed by atoms with Gasteiger partial charge in [0.1, 0.15) is 17.5 Å². The zero-order valence-corrected chi connectivity index (χ0v) is 18.4. The first-order valence-electron chi connectivity index (χ1n) is 11.3. The highest BCUT2D eigenvalue weighted by molar-refractivity contribution is 6.01. The van der Waals surface area contributed by atoms with Crippen LogP contribution in [0.3, 0.4) is 0 Å². The first-order chi connectivity index (χ1) is 14.9. The van der Waals surface area contributed by atoms with Crippen LogP contribution in [0.1, 0.15) is 49.9 Å². The van der Waals surface area contributed by atoms with E-state index in [1.54, 1.807) is 23.2 Å². The van der Waals surface area contributed by atoms with Crippen LogP contribution in [0.15, 0.2) is 18.3 Å². The number of aromatic nitrogens is 1. The molecule has 2 fully saturated rings. The Balaban J connectivity index is 1.41. The molecule has 0 saturated carbocycles. The number of carbonyl (C=O) groups excluding carboxylic acids is 3. The van der Waals surface area contributed by atoms with Gasteiger partial charge in [-0.25, -0.2) is 4.98 Å². The first kappa shape index (κ1) is 21.5. The molecule has 9 heteroatoms. The molecular formula is C22H32N6O3. The molecule has 2 atom stereocenters. The highest BCUT2D eigenvalue weighted by Crippen LogP contribution is 2.31. The van der Waals surface area contributed by atoms with Crippen LogP contribution in [0.25, 0.3) is 0 Å². The highest BCUT2D eigenvalue weighted by atomic mass is 16.2. The Morgan fingerprint density at radius 2 is 1.94 bits per heavy atom. The van der Waals surface area contributed by atoms with Gasteiger partial charge in [0.25, 0.3) is 5.91 Å². The molecule has 9 nitrogen and oxygen atoms in total. The summed E-state index contributed by atoms with van der Waals surface area (Å²) in [7, 11) is 0. The molecule has 3 amide bonds. The lowest BCUT2D eigenvalue weighted by Crippen LogP contribution is -2.58. The minimum Gasteiger partial charge on any atom is -0.347 e. The van der Waals surface area contributed by atoms with Crippen molar-refractivity contribution in [3.05, 3.63) is 23.9 Å². The molecule has 4 rings (SSSR count). The zero-order valence-electron chi connectivity index (χ0n) is 18.4. The van der Waals surface area contributed by atoms with Gasteiger partial charge < -0.3 is 20.4 Å². The molecule has 2 unspecified atom stereocenters. The van der Waals surface area contributed by atoms with E-state index >= 15 is 0 Å². The van der Waals surface area contributed by atoms with Gasteiger partial charge in [0.05, 0.1) is 5.56 Å². The fourth-order valence-corrected chi connectivity index (χ4v) is 4.82. The average molecular weight is 429 g/mol. The monoisotopic (exact) mass is 428 g/mol. The lowest BCUT2D eigenvalue weighted by Gasteiger charge is -2.40. The summed E-state index contributed by atoms with van der Waals surface area (Å²) in [6, 6.07) is 2.95. The number of piperazine rings is 1. The Labute approximate surface area is 183 Å². The van der Waals surface area contributed by atoms with Crippen molar-refractivity contribution in [1.29, 1.82) is 0 Å². The van der Waals surface area contributed by atoms with E-state index in [1.165, 1.54) is 0 Å². The number of amides is 3. The van der Waals surface area contributed by atoms with Crippen LogP contribution in [-0.4, -0.2) is 88.4 Å². The predicted molar refractivity (Wildman–Crippen MR) is 116 cm³/mol. The maximum atomic E-state index is 13.1. The molecule has 31 heavy (non-hydrogen) atoms. The van der Waals surface area contributed by atoms with Gasteiger partial charge in [-0.2, -0.15) is 0 Å². The molecule has 0 aliphatic carbocycles. The third-order valence-electron chi connectivity index (χ3n) is 6.68. The minimum absolute atomic E-state index is 0.00750. The third-order valence-corrected chi connectivity index (χ3v) is 6.68. The van der Waals surface area contributed by atoms with E-state index in [-0.39, 0.29) is 24.1 Å². The largest absolute Gasteiger partial charge is 0.347 e. The van der Waals surface area contributed by atoms with Gasteiger partial charge in [0.15, 0.2) is 0 Å². The van der Waals surface area contributed by atoms with Crippen LogP contribution in [0.2, 0.25) is 0 Å². The summed E-state index contributed by atoms with van der Waals surface area (Å²) in [5.74, 6) is 0.316. The Morgan fingerprint density at radius 3 is 2.68 bits per heavy atom. The number of pyridine rings is 1. The highest BCUT2D eigenvalue weighted by Gasteiger charge is 2.42. The quantitative estimate of drug-likeness (QED) is 0.739. The van der Waals surface area contributed by atoms with Crippen molar-refractivity contribution in [2.75, 3.05) is 44.6 Å². The van der Waals surface area contributed by atoms with Gasteiger partial charge in [-0.05, 0) is 38.4 Å². The van der Waals surface area contributed by atoms with E-state index in [1.807, 2.05) is 11.8 Å². The minimum atomic E-state index is -0.725. The Kier molecular flexibility index (Phi) is 6.13. The van der Waals surface area contributed by atoms with Gasteiger partial charge in [-0.3, -0.25) is 19.3 Å². The maximum Gasteiger partial charge on any atom is 0.256 e. The Bertz CT molecular complexity index is 853. The standard InChI is InChI=1S/C22H32N6O3/c1-3-10-26-12-14-27(15-13-26)21(31)16(2)28-11-8-22(7-6-18(28)29)24-19-17(20(30)25-22)5-4-9-23-19/h4-5,9,16H,3,6-8,10-15H2,1-2H3,(H,23,24)(H,25,30). The van der Waals surface area contributed by atoms with Gasteiger partial charge in [-0.15, -0.1) is 0 Å². The number of nitrogens with one attached hydrogen (secondary N) is 2. The summed E-state index contributed by atoms with van der Waals surface area (Å²) in [4.78, 5) is 48.9. The van der Waals surface area contributed by atoms with Crippen molar-refractivity contribution in [3.63, 3.8) is 0 Å². The van der Waals surface area contributed by atoms with Crippen LogP contribution in [0.4, 0.5) is 5.82 Å². The van der Waals surface area contributed by atoms with Crippen LogP contribution >= 0.6 is 0 Å². The molecule has 3 aliphatic rings. The van der Waals surface area contributed by atoms with Crippen LogP contribution < -0.4 is 10.6 Å². The van der Waals surface area contributed by atoms with Crippen molar-refractivity contribution in [2.24, 2.45) is 0 Å². The molecule has 2 saturated heterocycles. The van der Waals surface area contributed by atoms with Gasteiger partial charge in [0, 0.05) is 51.8 Å². The summed E-state index contributed by atoms with van der Waals surface area (Å²) in [5, 5.41) is 6.40. The topological polar surface area (TPSA) is 97.9 Å². The van der Waals surface area contributed by atoms with Crippen molar-refractivity contribution >= 4 is 23.5 Å². The average Bonchev–Trinajstić information content (AvgIpc) is 2.92. The molecule has 1 spiro atoms. The van der Waals surface area contributed by atoms with E-state index in [0.717, 1.165) is 26.1 Å². The Hall–Kier alpha value is -2.68. The predicted octanol–water partition coefficient (Wildman–Crippen LogP) is 0.888. The van der Waals surface area contributed by atoms with E-state index in [9.17, 15) is 14.4 Å². The first-order valence-corrected chi connectivity index (χ1v) is 11.3. The van der Waals surface area contributed by atoms with Gasteiger partial charge in [-0.1, -0.05) is 6.92 Å². The van der Waals surface area contributed by atoms with Crippen LogP contribution in [0, 0.1) is 0 Å². The molecule has 2 N–H and O–H groups in total. The molecule has 0 bridgehead atoms. The number of fused-ring (bicyclic) bond motifs is 1. The normalized spacial score (nSPS) is 25.5. The number of nitrogens with zero attached hydrogens (tertiary/aromatic N) is 4. The van der Waals surface area contributed by atoms with Crippen molar-refractivity contribution in [3.8, 4) is 0 Å². The number of likely N-dealkylation sites (tertiary alicyclic amines) is 1. The van der Waals surface area contributed by atoms with Gasteiger partial charge in [0.2, 0.25) is 11.8 Å². The van der Waals surface area contributed by atoms with E-state index in [4.69, 9.17) is 0 Å². The summed E-state index contributed by atoms with van der Waals surface area (Å²) >= 11 is 0. The second-order valence-corrected chi connectivity index (χ2v) is 8.74. The van der Waals surface area contributed by atoms with Crippen LogP contribution in [-0.2, 0) is 9.59 Å². The molecular weight excluding hydrogens is 396 g/mol. The number of hydrogen-bond acceptors (Lipinski definition) is 6. The van der Waals surface area contributed by atoms with E-state index in [2.05, 4.69) is 27.4 Å². The SMILES string of the molecule is CCCN1CCN(C(=O)C(C)N2CCC3(CCC2=O)NC(=O)c2cccnc2N3)CC1. The van der Waals surface area contributed by atoms with E-state index in [0.29, 0.717) is 43.9 Å². The fraction of sp³-hybridized carbons (Fsp3) is 0.636. The zero-order chi connectivity index (χ0) is 22.0. The van der Waals surface area contributed by atoms with Crippen molar-refractivity contribution in [1.82, 2.24) is 25.0 Å². The second-order valence-electron chi connectivity index (χ2n) is 8.74. The lowest BCUT2D eigenvalue weighted by molar-refractivity contribution is -0.145. The molecule has 1 aromatic rings.